The van der Waals surface area contributed by atoms with Gasteiger partial charge in [-0.05, 0) is 42.0 Å². The number of benzene rings is 2. The van der Waals surface area contributed by atoms with Crippen LogP contribution in [0.15, 0.2) is 48.5 Å². The van der Waals surface area contributed by atoms with Gasteiger partial charge in [0, 0.05) is 12.1 Å². The maximum Gasteiger partial charge on any atom is 0.220 e. The van der Waals surface area contributed by atoms with E-state index in [1.54, 1.807) is 0 Å². The second kappa shape index (κ2) is 9.33. The van der Waals surface area contributed by atoms with Crippen molar-refractivity contribution in [2.24, 2.45) is 0 Å². The standard InChI is InChI=1S/C20H26N2O.ClH/c1-14(2)16-8-10-17(11-9-16)15(3)22-20(23)13-12-18-6-4-5-7-19(18)21;/h4-11,14-15H,12-13,21H2,1-3H3,(H,22,23);1H. The minimum absolute atomic E-state index is 0. The molecule has 130 valence electrons. The maximum absolute atomic E-state index is 12.1. The van der Waals surface area contributed by atoms with Gasteiger partial charge in [-0.25, -0.2) is 0 Å². The van der Waals surface area contributed by atoms with E-state index in [0.717, 1.165) is 16.8 Å². The number of rotatable bonds is 6. The molecule has 0 bridgehead atoms. The van der Waals surface area contributed by atoms with E-state index in [2.05, 4.69) is 43.4 Å². The molecule has 0 heterocycles. The highest BCUT2D eigenvalue weighted by atomic mass is 35.5. The maximum atomic E-state index is 12.1. The monoisotopic (exact) mass is 346 g/mol. The zero-order valence-electron chi connectivity index (χ0n) is 14.6. The number of amides is 1. The van der Waals surface area contributed by atoms with Gasteiger partial charge in [0.25, 0.3) is 0 Å². The third-order valence-corrected chi connectivity index (χ3v) is 4.16. The van der Waals surface area contributed by atoms with Crippen LogP contribution in [0.25, 0.3) is 0 Å². The highest BCUT2D eigenvalue weighted by molar-refractivity contribution is 5.85. The number of carbonyl (C=O) groups is 1. The number of para-hydroxylation sites is 1. The van der Waals surface area contributed by atoms with Crippen LogP contribution in [0.5, 0.6) is 0 Å². The fraction of sp³-hybridized carbons (Fsp3) is 0.350. The highest BCUT2D eigenvalue weighted by Gasteiger charge is 2.10. The van der Waals surface area contributed by atoms with Gasteiger partial charge < -0.3 is 11.1 Å². The van der Waals surface area contributed by atoms with Crippen molar-refractivity contribution >= 4 is 24.0 Å². The lowest BCUT2D eigenvalue weighted by Crippen LogP contribution is -2.26. The predicted molar refractivity (Wildman–Crippen MR) is 104 cm³/mol. The van der Waals surface area contributed by atoms with Crippen LogP contribution >= 0.6 is 12.4 Å². The Morgan fingerprint density at radius 3 is 2.17 bits per heavy atom. The molecule has 0 aliphatic heterocycles. The number of aryl methyl sites for hydroxylation is 1. The molecule has 1 amide bonds. The lowest BCUT2D eigenvalue weighted by Gasteiger charge is -2.16. The molecule has 1 unspecified atom stereocenters. The molecule has 0 aromatic heterocycles. The first kappa shape index (κ1) is 20.0. The van der Waals surface area contributed by atoms with Crippen LogP contribution in [-0.4, -0.2) is 5.91 Å². The van der Waals surface area contributed by atoms with Crippen LogP contribution < -0.4 is 11.1 Å². The molecule has 0 radical (unpaired) electrons. The Morgan fingerprint density at radius 2 is 1.58 bits per heavy atom. The largest absolute Gasteiger partial charge is 0.399 e. The summed E-state index contributed by atoms with van der Waals surface area (Å²) in [5, 5.41) is 3.05. The van der Waals surface area contributed by atoms with Crippen LogP contribution in [0, 0.1) is 0 Å². The number of nitrogens with one attached hydrogen (secondary N) is 1. The molecule has 0 saturated heterocycles. The molecule has 2 aromatic carbocycles. The summed E-state index contributed by atoms with van der Waals surface area (Å²) in [6, 6.07) is 16.1. The molecule has 0 aliphatic rings. The molecular weight excluding hydrogens is 320 g/mol. The first-order valence-electron chi connectivity index (χ1n) is 8.20. The van der Waals surface area contributed by atoms with Crippen molar-refractivity contribution in [1.29, 1.82) is 0 Å². The van der Waals surface area contributed by atoms with Crippen molar-refractivity contribution in [2.45, 2.75) is 45.6 Å². The third-order valence-electron chi connectivity index (χ3n) is 4.16. The number of hydrogen-bond acceptors (Lipinski definition) is 2. The van der Waals surface area contributed by atoms with Gasteiger partial charge in [-0.15, -0.1) is 12.4 Å². The van der Waals surface area contributed by atoms with Gasteiger partial charge in [-0.3, -0.25) is 4.79 Å². The summed E-state index contributed by atoms with van der Waals surface area (Å²) in [6.45, 7) is 6.37. The zero-order valence-corrected chi connectivity index (χ0v) is 15.4. The second-order valence-electron chi connectivity index (χ2n) is 6.31. The summed E-state index contributed by atoms with van der Waals surface area (Å²) in [4.78, 5) is 12.1. The van der Waals surface area contributed by atoms with Gasteiger partial charge in [-0.1, -0.05) is 56.3 Å². The molecule has 0 spiro atoms. The second-order valence-corrected chi connectivity index (χ2v) is 6.31. The van der Waals surface area contributed by atoms with Crippen molar-refractivity contribution in [2.75, 3.05) is 5.73 Å². The van der Waals surface area contributed by atoms with Gasteiger partial charge in [0.2, 0.25) is 5.91 Å². The summed E-state index contributed by atoms with van der Waals surface area (Å²) in [5.41, 5.74) is 10.1. The number of anilines is 1. The molecule has 4 heteroatoms. The molecule has 0 saturated carbocycles. The summed E-state index contributed by atoms with van der Waals surface area (Å²) < 4.78 is 0. The summed E-state index contributed by atoms with van der Waals surface area (Å²) in [7, 11) is 0. The van der Waals surface area contributed by atoms with E-state index in [0.29, 0.717) is 18.8 Å². The van der Waals surface area contributed by atoms with Gasteiger partial charge in [-0.2, -0.15) is 0 Å². The Labute approximate surface area is 151 Å². The Balaban J connectivity index is 0.00000288. The molecule has 1 atom stereocenters. The fourth-order valence-corrected chi connectivity index (χ4v) is 2.58. The van der Waals surface area contributed by atoms with E-state index in [1.165, 1.54) is 5.56 Å². The van der Waals surface area contributed by atoms with Crippen LogP contribution in [-0.2, 0) is 11.2 Å². The Morgan fingerprint density at radius 1 is 1.00 bits per heavy atom. The smallest absolute Gasteiger partial charge is 0.220 e. The molecule has 3 nitrogen and oxygen atoms in total. The van der Waals surface area contributed by atoms with Gasteiger partial charge in [0.1, 0.15) is 0 Å². The van der Waals surface area contributed by atoms with E-state index in [4.69, 9.17) is 5.73 Å². The van der Waals surface area contributed by atoms with E-state index >= 15 is 0 Å². The molecule has 24 heavy (non-hydrogen) atoms. The Kier molecular flexibility index (Phi) is 7.80. The number of halogens is 1. The summed E-state index contributed by atoms with van der Waals surface area (Å²) in [6.07, 6.45) is 1.11. The molecule has 0 aliphatic carbocycles. The minimum atomic E-state index is 0. The van der Waals surface area contributed by atoms with Crippen molar-refractivity contribution in [3.63, 3.8) is 0 Å². The number of carbonyl (C=O) groups excluding carboxylic acids is 1. The minimum Gasteiger partial charge on any atom is -0.399 e. The van der Waals surface area contributed by atoms with Crippen molar-refractivity contribution in [1.82, 2.24) is 5.32 Å². The Hall–Kier alpha value is -2.00. The number of nitrogens with two attached hydrogens (primary N) is 1. The lowest BCUT2D eigenvalue weighted by atomic mass is 9.99. The average Bonchev–Trinajstić information content (AvgIpc) is 2.54. The van der Waals surface area contributed by atoms with E-state index in [-0.39, 0.29) is 24.4 Å². The summed E-state index contributed by atoms with van der Waals surface area (Å²) in [5.74, 6) is 0.568. The normalized spacial score (nSPS) is 11.7. The highest BCUT2D eigenvalue weighted by Crippen LogP contribution is 2.19. The van der Waals surface area contributed by atoms with Gasteiger partial charge >= 0.3 is 0 Å². The van der Waals surface area contributed by atoms with Crippen molar-refractivity contribution in [3.8, 4) is 0 Å². The SMILES string of the molecule is CC(C)c1ccc(C(C)NC(=O)CCc2ccccc2N)cc1.Cl. The van der Waals surface area contributed by atoms with Crippen LogP contribution in [0.1, 0.15) is 55.8 Å². The van der Waals surface area contributed by atoms with Crippen molar-refractivity contribution in [3.05, 3.63) is 65.2 Å². The van der Waals surface area contributed by atoms with Crippen LogP contribution in [0.2, 0.25) is 0 Å². The molecule has 2 rings (SSSR count). The molecular formula is C20H27ClN2O. The quantitative estimate of drug-likeness (QED) is 0.749. The molecule has 0 fully saturated rings. The topological polar surface area (TPSA) is 55.1 Å². The number of nitrogen functional groups attached to an aromatic ring is 1. The fourth-order valence-electron chi connectivity index (χ4n) is 2.58. The third kappa shape index (κ3) is 5.57. The first-order valence-corrected chi connectivity index (χ1v) is 8.20. The van der Waals surface area contributed by atoms with E-state index < -0.39 is 0 Å². The van der Waals surface area contributed by atoms with Gasteiger partial charge in [0.15, 0.2) is 0 Å². The summed E-state index contributed by atoms with van der Waals surface area (Å²) >= 11 is 0. The van der Waals surface area contributed by atoms with Crippen molar-refractivity contribution < 1.29 is 4.79 Å². The van der Waals surface area contributed by atoms with E-state index in [9.17, 15) is 4.79 Å². The predicted octanol–water partition coefficient (Wildman–Crippen LogP) is 4.62. The molecule has 3 N–H and O–H groups in total. The van der Waals surface area contributed by atoms with Crippen LogP contribution in [0.4, 0.5) is 5.69 Å². The van der Waals surface area contributed by atoms with Gasteiger partial charge in [0.05, 0.1) is 6.04 Å². The van der Waals surface area contributed by atoms with Crippen LogP contribution in [0.3, 0.4) is 0 Å². The molecule has 2 aromatic rings. The Bertz CT molecular complexity index is 653. The zero-order chi connectivity index (χ0) is 16.8. The number of hydrogen-bond donors (Lipinski definition) is 2. The lowest BCUT2D eigenvalue weighted by molar-refractivity contribution is -0.121. The average molecular weight is 347 g/mol. The first-order chi connectivity index (χ1) is 11.0. The van der Waals surface area contributed by atoms with E-state index in [1.807, 2.05) is 31.2 Å².